The summed E-state index contributed by atoms with van der Waals surface area (Å²) in [5.41, 5.74) is 11.7. The van der Waals surface area contributed by atoms with E-state index in [9.17, 15) is 0 Å². The number of aliphatic hydroxyl groups excluding tert-OH is 1. The predicted octanol–water partition coefficient (Wildman–Crippen LogP) is -0.859. The topological polar surface area (TPSA) is 107 Å². The highest BCUT2D eigenvalue weighted by molar-refractivity contribution is 7.10. The van der Waals surface area contributed by atoms with Gasteiger partial charge in [-0.25, -0.2) is 4.99 Å². The Bertz CT molecular complexity index is 362. The Labute approximate surface area is 78.0 Å². The number of aliphatic imine (C=N–C) groups is 1. The molecule has 0 aliphatic carbocycles. The molecule has 6 nitrogen and oxygen atoms in total. The molecule has 0 saturated heterocycles. The first-order valence-electron chi connectivity index (χ1n) is 3.58. The molecule has 1 atom stereocenters. The van der Waals surface area contributed by atoms with Crippen LogP contribution in [0, 0.1) is 0 Å². The van der Waals surface area contributed by atoms with Gasteiger partial charge in [0.15, 0.2) is 0 Å². The molecular formula is C6H8N4O2S. The van der Waals surface area contributed by atoms with Crippen molar-refractivity contribution in [3.63, 3.8) is 0 Å². The van der Waals surface area contributed by atoms with Crippen LogP contribution in [0.25, 0.3) is 0 Å². The zero-order chi connectivity index (χ0) is 9.42. The number of hydrogen-bond donors (Lipinski definition) is 3. The van der Waals surface area contributed by atoms with Crippen LogP contribution in [-0.2, 0) is 0 Å². The lowest BCUT2D eigenvalue weighted by atomic mass is 10.3. The van der Waals surface area contributed by atoms with Crippen LogP contribution >= 0.6 is 11.5 Å². The van der Waals surface area contributed by atoms with E-state index in [-0.39, 0.29) is 12.4 Å². The number of ether oxygens (including phenoxy) is 1. The number of amidine groups is 1. The number of nitrogens with zero attached hydrogens (tertiary/aromatic N) is 2. The molecule has 0 aromatic carbocycles. The second-order valence-corrected chi connectivity index (χ2v) is 3.30. The third kappa shape index (κ3) is 1.21. The number of aliphatic hydroxyl groups is 1. The fraction of sp³-hybridized carbons (Fsp3) is 0.333. The monoisotopic (exact) mass is 200 g/mol. The number of nitrogen functional groups attached to an aromatic ring is 1. The smallest absolute Gasteiger partial charge is 0.240 e. The molecule has 1 aromatic heterocycles. The maximum absolute atomic E-state index is 8.80. The lowest BCUT2D eigenvalue weighted by Crippen LogP contribution is -2.30. The van der Waals surface area contributed by atoms with Gasteiger partial charge in [-0.15, -0.1) is 0 Å². The van der Waals surface area contributed by atoms with Crippen molar-refractivity contribution in [2.45, 2.75) is 6.23 Å². The minimum Gasteiger partial charge on any atom is -0.448 e. The minimum absolute atomic E-state index is 0.225. The van der Waals surface area contributed by atoms with Gasteiger partial charge in [0, 0.05) is 0 Å². The maximum Gasteiger partial charge on any atom is 0.240 e. The second-order valence-electron chi connectivity index (χ2n) is 2.50. The van der Waals surface area contributed by atoms with Crippen LogP contribution in [0.5, 0.6) is 5.88 Å². The van der Waals surface area contributed by atoms with Gasteiger partial charge in [0.2, 0.25) is 12.1 Å². The molecule has 0 bridgehead atoms. The van der Waals surface area contributed by atoms with Crippen molar-refractivity contribution in [3.05, 3.63) is 5.56 Å². The molecule has 0 fully saturated rings. The molecular weight excluding hydrogens is 192 g/mol. The van der Waals surface area contributed by atoms with Gasteiger partial charge in [-0.05, 0) is 11.5 Å². The van der Waals surface area contributed by atoms with E-state index in [4.69, 9.17) is 21.3 Å². The fourth-order valence-corrected chi connectivity index (χ4v) is 1.66. The van der Waals surface area contributed by atoms with E-state index in [2.05, 4.69) is 9.37 Å². The summed E-state index contributed by atoms with van der Waals surface area (Å²) in [6.45, 7) is -0.225. The molecule has 7 heteroatoms. The van der Waals surface area contributed by atoms with Crippen LogP contribution in [0.4, 0.5) is 5.00 Å². The summed E-state index contributed by atoms with van der Waals surface area (Å²) < 4.78 is 9.10. The van der Waals surface area contributed by atoms with E-state index in [0.717, 1.165) is 11.5 Å². The number of rotatable bonds is 1. The minimum atomic E-state index is -0.658. The van der Waals surface area contributed by atoms with Gasteiger partial charge in [0.05, 0.1) is 0 Å². The van der Waals surface area contributed by atoms with Crippen molar-refractivity contribution in [3.8, 4) is 5.88 Å². The number of fused-ring (bicyclic) bond motifs is 1. The summed E-state index contributed by atoms with van der Waals surface area (Å²) in [4.78, 5) is 3.88. The second kappa shape index (κ2) is 2.86. The van der Waals surface area contributed by atoms with Crippen LogP contribution < -0.4 is 16.2 Å². The summed E-state index contributed by atoms with van der Waals surface area (Å²) >= 11 is 1.10. The third-order valence-corrected chi connectivity index (χ3v) is 2.29. The molecule has 2 rings (SSSR count). The van der Waals surface area contributed by atoms with Crippen molar-refractivity contribution in [2.75, 3.05) is 12.3 Å². The van der Waals surface area contributed by atoms with Gasteiger partial charge in [-0.1, -0.05) is 0 Å². The van der Waals surface area contributed by atoms with E-state index in [1.165, 1.54) is 0 Å². The van der Waals surface area contributed by atoms with Crippen molar-refractivity contribution in [2.24, 2.45) is 10.7 Å². The highest BCUT2D eigenvalue weighted by Gasteiger charge is 2.25. The molecule has 5 N–H and O–H groups in total. The van der Waals surface area contributed by atoms with E-state index < -0.39 is 6.23 Å². The molecule has 70 valence electrons. The Kier molecular flexibility index (Phi) is 1.82. The SMILES string of the molecule is NC1=NC(CO)Oc2nsc(N)c21. The molecule has 1 unspecified atom stereocenters. The van der Waals surface area contributed by atoms with Crippen LogP contribution in [0.3, 0.4) is 0 Å². The normalized spacial score (nSPS) is 20.4. The quantitative estimate of drug-likeness (QED) is 0.547. The number of nitrogens with two attached hydrogens (primary N) is 2. The Morgan fingerprint density at radius 2 is 2.31 bits per heavy atom. The lowest BCUT2D eigenvalue weighted by Gasteiger charge is -2.17. The molecule has 0 radical (unpaired) electrons. The molecule has 13 heavy (non-hydrogen) atoms. The third-order valence-electron chi connectivity index (χ3n) is 1.63. The van der Waals surface area contributed by atoms with Crippen molar-refractivity contribution in [1.29, 1.82) is 0 Å². The Hall–Kier alpha value is -1.34. The molecule has 1 aliphatic rings. The Balaban J connectivity index is 2.44. The highest BCUT2D eigenvalue weighted by Crippen LogP contribution is 2.30. The van der Waals surface area contributed by atoms with Crippen molar-refractivity contribution >= 4 is 22.4 Å². The van der Waals surface area contributed by atoms with Crippen LogP contribution in [0.1, 0.15) is 5.56 Å². The largest absolute Gasteiger partial charge is 0.448 e. The summed E-state index contributed by atoms with van der Waals surface area (Å²) in [5.74, 6) is 0.626. The van der Waals surface area contributed by atoms with E-state index in [1.807, 2.05) is 0 Å². The summed E-state index contributed by atoms with van der Waals surface area (Å²) in [6, 6.07) is 0. The highest BCUT2D eigenvalue weighted by atomic mass is 32.1. The molecule has 2 heterocycles. The Morgan fingerprint density at radius 1 is 1.54 bits per heavy atom. The van der Waals surface area contributed by atoms with Gasteiger partial charge in [0.1, 0.15) is 23.0 Å². The molecule has 0 amide bonds. The summed E-state index contributed by atoms with van der Waals surface area (Å²) in [6.07, 6.45) is -0.658. The number of hydrogen-bond acceptors (Lipinski definition) is 7. The number of anilines is 1. The lowest BCUT2D eigenvalue weighted by molar-refractivity contribution is 0.116. The summed E-state index contributed by atoms with van der Waals surface area (Å²) in [7, 11) is 0. The zero-order valence-electron chi connectivity index (χ0n) is 6.60. The first-order chi connectivity index (χ1) is 6.22. The first kappa shape index (κ1) is 8.27. The van der Waals surface area contributed by atoms with Gasteiger partial charge >= 0.3 is 0 Å². The van der Waals surface area contributed by atoms with Crippen LogP contribution in [0.2, 0.25) is 0 Å². The van der Waals surface area contributed by atoms with E-state index >= 15 is 0 Å². The van der Waals surface area contributed by atoms with Crippen LogP contribution in [-0.4, -0.2) is 28.2 Å². The first-order valence-corrected chi connectivity index (χ1v) is 4.36. The predicted molar refractivity (Wildman–Crippen MR) is 48.8 cm³/mol. The Morgan fingerprint density at radius 3 is 3.00 bits per heavy atom. The van der Waals surface area contributed by atoms with Gasteiger partial charge in [-0.3, -0.25) is 0 Å². The average molecular weight is 200 g/mol. The average Bonchev–Trinajstić information content (AvgIpc) is 2.48. The molecule has 0 spiro atoms. The van der Waals surface area contributed by atoms with Gasteiger partial charge in [-0.2, -0.15) is 4.37 Å². The van der Waals surface area contributed by atoms with Crippen LogP contribution in [0.15, 0.2) is 4.99 Å². The molecule has 0 saturated carbocycles. The van der Waals surface area contributed by atoms with E-state index in [0.29, 0.717) is 16.4 Å². The zero-order valence-corrected chi connectivity index (χ0v) is 7.41. The number of aromatic nitrogens is 1. The molecule has 1 aromatic rings. The maximum atomic E-state index is 8.80. The standard InChI is InChI=1S/C6H8N4O2S/c7-4-3-5(8)13-10-6(3)12-2(1-11)9-4/h2,11H,1,8H2,(H2,7,9). The fourth-order valence-electron chi connectivity index (χ4n) is 1.06. The van der Waals surface area contributed by atoms with Crippen molar-refractivity contribution in [1.82, 2.24) is 4.37 Å². The van der Waals surface area contributed by atoms with Gasteiger partial charge < -0.3 is 21.3 Å². The molecule has 1 aliphatic heterocycles. The van der Waals surface area contributed by atoms with Gasteiger partial charge in [0.25, 0.3) is 0 Å². The van der Waals surface area contributed by atoms with Crippen molar-refractivity contribution < 1.29 is 9.84 Å². The van der Waals surface area contributed by atoms with E-state index in [1.54, 1.807) is 0 Å². The summed E-state index contributed by atoms with van der Waals surface area (Å²) in [5, 5.41) is 9.28.